The number of aromatic nitrogens is 1. The molecule has 5 nitrogen and oxygen atoms in total. The fourth-order valence-corrected chi connectivity index (χ4v) is 3.91. The molecule has 1 aromatic rings. The molecular formula is C19H30N4O. The van der Waals surface area contributed by atoms with E-state index < -0.39 is 0 Å². The van der Waals surface area contributed by atoms with Gasteiger partial charge in [-0.3, -0.25) is 19.6 Å². The average Bonchev–Trinajstić information content (AvgIpc) is 2.63. The highest BCUT2D eigenvalue weighted by molar-refractivity contribution is 5.78. The molecule has 2 aliphatic heterocycles. The summed E-state index contributed by atoms with van der Waals surface area (Å²) in [6, 6.07) is 5.02. The van der Waals surface area contributed by atoms with Crippen LogP contribution in [0.3, 0.4) is 0 Å². The number of nitrogens with zero attached hydrogens (tertiary/aromatic N) is 4. The van der Waals surface area contributed by atoms with Crippen LogP contribution in [0.25, 0.3) is 0 Å². The maximum Gasteiger partial charge on any atom is 0.236 e. The Hall–Kier alpha value is -1.46. The predicted octanol–water partition coefficient (Wildman–Crippen LogP) is 2.16. The van der Waals surface area contributed by atoms with Gasteiger partial charge in [-0.25, -0.2) is 0 Å². The van der Waals surface area contributed by atoms with Crippen LogP contribution in [0, 0.1) is 0 Å². The maximum absolute atomic E-state index is 12.6. The molecule has 0 N–H and O–H groups in total. The quantitative estimate of drug-likeness (QED) is 0.848. The molecule has 1 aromatic heterocycles. The van der Waals surface area contributed by atoms with Crippen LogP contribution < -0.4 is 0 Å². The highest BCUT2D eigenvalue weighted by Gasteiger charge is 2.27. The minimum atomic E-state index is 0.317. The Morgan fingerprint density at radius 2 is 1.88 bits per heavy atom. The van der Waals surface area contributed by atoms with Gasteiger partial charge in [-0.15, -0.1) is 0 Å². The van der Waals surface area contributed by atoms with Gasteiger partial charge < -0.3 is 4.90 Å². The molecule has 0 bridgehead atoms. The van der Waals surface area contributed by atoms with Gasteiger partial charge in [0.05, 0.1) is 6.54 Å². The lowest BCUT2D eigenvalue weighted by Crippen LogP contribution is -2.52. The van der Waals surface area contributed by atoms with Crippen LogP contribution >= 0.6 is 0 Å². The van der Waals surface area contributed by atoms with Gasteiger partial charge in [-0.2, -0.15) is 0 Å². The minimum Gasteiger partial charge on any atom is -0.339 e. The molecule has 24 heavy (non-hydrogen) atoms. The van der Waals surface area contributed by atoms with Crippen molar-refractivity contribution < 1.29 is 4.79 Å². The van der Waals surface area contributed by atoms with E-state index in [0.29, 0.717) is 24.5 Å². The highest BCUT2D eigenvalue weighted by Crippen LogP contribution is 2.21. The van der Waals surface area contributed by atoms with Crippen molar-refractivity contribution in [2.24, 2.45) is 0 Å². The molecule has 0 saturated carbocycles. The highest BCUT2D eigenvalue weighted by atomic mass is 16.2. The van der Waals surface area contributed by atoms with Gasteiger partial charge in [0.25, 0.3) is 0 Å². The second kappa shape index (κ2) is 8.08. The first-order chi connectivity index (χ1) is 11.6. The SMILES string of the molecule is CC(c1ccncc1)N1CCN(CC(=O)N2CCCCC2C)CC1. The standard InChI is InChI=1S/C19H30N4O/c1-16-5-3-4-10-23(16)19(24)15-21-11-13-22(14-12-21)17(2)18-6-8-20-9-7-18/h6-9,16-17H,3-5,10-15H2,1-2H3. The fraction of sp³-hybridized carbons (Fsp3) is 0.684. The van der Waals surface area contributed by atoms with Crippen molar-refractivity contribution >= 4 is 5.91 Å². The average molecular weight is 330 g/mol. The number of hydrogen-bond acceptors (Lipinski definition) is 4. The Morgan fingerprint density at radius 1 is 1.17 bits per heavy atom. The Morgan fingerprint density at radius 3 is 2.54 bits per heavy atom. The number of rotatable bonds is 4. The Kier molecular flexibility index (Phi) is 5.85. The lowest BCUT2D eigenvalue weighted by atomic mass is 10.0. The van der Waals surface area contributed by atoms with Gasteiger partial charge in [-0.1, -0.05) is 0 Å². The summed E-state index contributed by atoms with van der Waals surface area (Å²) in [4.78, 5) is 23.6. The summed E-state index contributed by atoms with van der Waals surface area (Å²) in [5.41, 5.74) is 1.32. The maximum atomic E-state index is 12.6. The monoisotopic (exact) mass is 330 g/mol. The topological polar surface area (TPSA) is 39.7 Å². The summed E-state index contributed by atoms with van der Waals surface area (Å²) in [5.74, 6) is 0.317. The third kappa shape index (κ3) is 4.14. The number of likely N-dealkylation sites (tertiary alicyclic amines) is 1. The first-order valence-electron chi connectivity index (χ1n) is 9.31. The van der Waals surface area contributed by atoms with E-state index in [2.05, 4.69) is 45.7 Å². The Bertz CT molecular complexity index is 527. The van der Waals surface area contributed by atoms with Crippen molar-refractivity contribution in [3.05, 3.63) is 30.1 Å². The molecule has 1 amide bonds. The van der Waals surface area contributed by atoms with Crippen molar-refractivity contribution in [3.8, 4) is 0 Å². The molecule has 0 radical (unpaired) electrons. The molecule has 0 aromatic carbocycles. The van der Waals surface area contributed by atoms with Crippen molar-refractivity contribution in [2.45, 2.75) is 45.2 Å². The molecule has 5 heteroatoms. The first kappa shape index (κ1) is 17.4. The minimum absolute atomic E-state index is 0.317. The summed E-state index contributed by atoms with van der Waals surface area (Å²) in [5, 5.41) is 0. The van der Waals surface area contributed by atoms with Crippen LogP contribution in [0.2, 0.25) is 0 Å². The van der Waals surface area contributed by atoms with Crippen LogP contribution in [0.15, 0.2) is 24.5 Å². The van der Waals surface area contributed by atoms with Gasteiger partial charge in [0.2, 0.25) is 5.91 Å². The van der Waals surface area contributed by atoms with Gasteiger partial charge in [-0.05, 0) is 50.8 Å². The summed E-state index contributed by atoms with van der Waals surface area (Å²) < 4.78 is 0. The number of piperidine rings is 1. The third-order valence-corrected chi connectivity index (χ3v) is 5.63. The van der Waals surface area contributed by atoms with Gasteiger partial charge >= 0.3 is 0 Å². The second-order valence-electron chi connectivity index (χ2n) is 7.20. The molecule has 2 fully saturated rings. The van der Waals surface area contributed by atoms with Gasteiger partial charge in [0.1, 0.15) is 0 Å². The molecule has 3 heterocycles. The summed E-state index contributed by atoms with van der Waals surface area (Å²) in [6.07, 6.45) is 7.30. The van der Waals surface area contributed by atoms with E-state index in [1.54, 1.807) is 0 Å². The molecule has 0 aliphatic carbocycles. The van der Waals surface area contributed by atoms with Gasteiger partial charge in [0.15, 0.2) is 0 Å². The number of amides is 1. The number of carbonyl (C=O) groups is 1. The fourth-order valence-electron chi connectivity index (χ4n) is 3.91. The van der Waals surface area contributed by atoms with E-state index in [0.717, 1.165) is 45.6 Å². The largest absolute Gasteiger partial charge is 0.339 e. The summed E-state index contributed by atoms with van der Waals surface area (Å²) >= 11 is 0. The smallest absolute Gasteiger partial charge is 0.236 e. The predicted molar refractivity (Wildman–Crippen MR) is 95.7 cm³/mol. The lowest BCUT2D eigenvalue weighted by Gasteiger charge is -2.39. The summed E-state index contributed by atoms with van der Waals surface area (Å²) in [7, 11) is 0. The van der Waals surface area contributed by atoms with E-state index in [1.807, 2.05) is 12.4 Å². The lowest BCUT2D eigenvalue weighted by molar-refractivity contribution is -0.136. The zero-order chi connectivity index (χ0) is 16.9. The number of pyridine rings is 1. The molecular weight excluding hydrogens is 300 g/mol. The van der Waals surface area contributed by atoms with Crippen molar-refractivity contribution in [3.63, 3.8) is 0 Å². The number of piperazine rings is 1. The normalized spacial score (nSPS) is 24.8. The molecule has 2 unspecified atom stereocenters. The Balaban J connectivity index is 1.47. The van der Waals surface area contributed by atoms with Gasteiger partial charge in [0, 0.05) is 57.2 Å². The first-order valence-corrected chi connectivity index (χ1v) is 9.31. The van der Waals surface area contributed by atoms with E-state index in [1.165, 1.54) is 12.0 Å². The second-order valence-corrected chi connectivity index (χ2v) is 7.20. The third-order valence-electron chi connectivity index (χ3n) is 5.63. The molecule has 2 aliphatic rings. The number of hydrogen-bond donors (Lipinski definition) is 0. The summed E-state index contributed by atoms with van der Waals surface area (Å²) in [6.45, 7) is 9.96. The van der Waals surface area contributed by atoms with E-state index >= 15 is 0 Å². The number of carbonyl (C=O) groups excluding carboxylic acids is 1. The van der Waals surface area contributed by atoms with Crippen molar-refractivity contribution in [1.29, 1.82) is 0 Å². The Labute approximate surface area is 145 Å². The van der Waals surface area contributed by atoms with Crippen molar-refractivity contribution in [2.75, 3.05) is 39.3 Å². The van der Waals surface area contributed by atoms with E-state index in [9.17, 15) is 4.79 Å². The van der Waals surface area contributed by atoms with E-state index in [4.69, 9.17) is 0 Å². The zero-order valence-corrected chi connectivity index (χ0v) is 15.0. The van der Waals surface area contributed by atoms with Crippen LogP contribution in [0.5, 0.6) is 0 Å². The molecule has 132 valence electrons. The zero-order valence-electron chi connectivity index (χ0n) is 15.0. The van der Waals surface area contributed by atoms with Crippen LogP contribution in [-0.4, -0.2) is 70.9 Å². The molecule has 2 saturated heterocycles. The van der Waals surface area contributed by atoms with E-state index in [-0.39, 0.29) is 0 Å². The molecule has 3 rings (SSSR count). The van der Waals surface area contributed by atoms with Crippen LogP contribution in [0.1, 0.15) is 44.7 Å². The van der Waals surface area contributed by atoms with Crippen LogP contribution in [0.4, 0.5) is 0 Å². The van der Waals surface area contributed by atoms with Crippen LogP contribution in [-0.2, 0) is 4.79 Å². The molecule has 2 atom stereocenters. The molecule has 0 spiro atoms. The van der Waals surface area contributed by atoms with Crippen molar-refractivity contribution in [1.82, 2.24) is 19.7 Å².